The molecule has 0 aliphatic heterocycles. The van der Waals surface area contributed by atoms with Crippen LogP contribution in [0.5, 0.6) is 0 Å². The number of rotatable bonds is 8. The van der Waals surface area contributed by atoms with Crippen LogP contribution in [-0.4, -0.2) is 39.4 Å². The second kappa shape index (κ2) is 10.6. The summed E-state index contributed by atoms with van der Waals surface area (Å²) >= 11 is 0. The summed E-state index contributed by atoms with van der Waals surface area (Å²) in [6.45, 7) is 1.60. The highest BCUT2D eigenvalue weighted by atomic mass is 35.5. The average Bonchev–Trinajstić information content (AvgIpc) is 2.37. The zero-order valence-corrected chi connectivity index (χ0v) is 11.9. The fraction of sp³-hybridized carbons (Fsp3) is 0.462. The van der Waals surface area contributed by atoms with Crippen LogP contribution >= 0.6 is 12.4 Å². The summed E-state index contributed by atoms with van der Waals surface area (Å²) in [5, 5.41) is 2.79. The van der Waals surface area contributed by atoms with Crippen LogP contribution in [-0.2, 0) is 20.7 Å². The topological polar surface area (TPSA) is 73.6 Å². The molecule has 1 amide bonds. The highest BCUT2D eigenvalue weighted by Gasteiger charge is 2.00. The zero-order valence-electron chi connectivity index (χ0n) is 11.1. The fourth-order valence-corrected chi connectivity index (χ4v) is 1.39. The molecular formula is C13H21ClN2O3. The smallest absolute Gasteiger partial charge is 0.246 e. The molecule has 0 unspecified atom stereocenters. The molecule has 0 saturated carbocycles. The third-order valence-electron chi connectivity index (χ3n) is 2.38. The number of halogens is 1. The Balaban J connectivity index is 0.00000324. The number of carbonyl (C=O) groups excluding carboxylic acids is 1. The molecule has 0 saturated heterocycles. The van der Waals surface area contributed by atoms with Gasteiger partial charge in [-0.15, -0.1) is 12.4 Å². The molecule has 0 radical (unpaired) electrons. The number of hydrogen-bond acceptors (Lipinski definition) is 4. The maximum absolute atomic E-state index is 11.4. The second-order valence-corrected chi connectivity index (χ2v) is 3.89. The number of methoxy groups -OCH3 is 1. The van der Waals surface area contributed by atoms with Gasteiger partial charge in [-0.2, -0.15) is 0 Å². The highest BCUT2D eigenvalue weighted by molar-refractivity contribution is 5.85. The van der Waals surface area contributed by atoms with Crippen molar-refractivity contribution in [1.29, 1.82) is 0 Å². The molecule has 0 atom stereocenters. The summed E-state index contributed by atoms with van der Waals surface area (Å²) in [7, 11) is 1.59. The molecule has 108 valence electrons. The van der Waals surface area contributed by atoms with E-state index < -0.39 is 0 Å². The summed E-state index contributed by atoms with van der Waals surface area (Å²) in [4.78, 5) is 11.4. The van der Waals surface area contributed by atoms with Gasteiger partial charge < -0.3 is 20.5 Å². The normalized spacial score (nSPS) is 9.74. The van der Waals surface area contributed by atoms with Crippen molar-refractivity contribution in [3.8, 4) is 0 Å². The molecule has 1 aromatic rings. The SMILES string of the molecule is COCCOCC(=O)NCCc1ccc(N)cc1.Cl. The first-order valence-electron chi connectivity index (χ1n) is 5.90. The molecule has 0 aliphatic carbocycles. The van der Waals surface area contributed by atoms with E-state index in [1.54, 1.807) is 7.11 Å². The van der Waals surface area contributed by atoms with Crippen molar-refractivity contribution in [2.75, 3.05) is 39.2 Å². The number of nitrogens with two attached hydrogens (primary N) is 1. The van der Waals surface area contributed by atoms with Crippen molar-refractivity contribution in [2.24, 2.45) is 0 Å². The number of nitrogen functional groups attached to an aromatic ring is 1. The lowest BCUT2D eigenvalue weighted by Gasteiger charge is -2.06. The quantitative estimate of drug-likeness (QED) is 0.553. The molecule has 0 spiro atoms. The van der Waals surface area contributed by atoms with Gasteiger partial charge in [-0.3, -0.25) is 4.79 Å². The van der Waals surface area contributed by atoms with E-state index in [9.17, 15) is 4.79 Å². The van der Waals surface area contributed by atoms with Crippen LogP contribution in [0.4, 0.5) is 5.69 Å². The van der Waals surface area contributed by atoms with Gasteiger partial charge in [0.25, 0.3) is 0 Å². The van der Waals surface area contributed by atoms with Crippen LogP contribution in [0.1, 0.15) is 5.56 Å². The minimum Gasteiger partial charge on any atom is -0.399 e. The first-order chi connectivity index (χ1) is 8.72. The summed E-state index contributed by atoms with van der Waals surface area (Å²) in [5.74, 6) is -0.110. The molecule has 5 nitrogen and oxygen atoms in total. The Labute approximate surface area is 119 Å². The second-order valence-electron chi connectivity index (χ2n) is 3.89. The largest absolute Gasteiger partial charge is 0.399 e. The fourth-order valence-electron chi connectivity index (χ4n) is 1.39. The molecule has 3 N–H and O–H groups in total. The number of ether oxygens (including phenoxy) is 2. The monoisotopic (exact) mass is 288 g/mol. The van der Waals surface area contributed by atoms with Gasteiger partial charge in [0.05, 0.1) is 13.2 Å². The van der Waals surface area contributed by atoms with Gasteiger partial charge in [0.15, 0.2) is 0 Å². The Morgan fingerprint density at radius 3 is 2.58 bits per heavy atom. The molecule has 0 aliphatic rings. The van der Waals surface area contributed by atoms with Crippen LogP contribution < -0.4 is 11.1 Å². The van der Waals surface area contributed by atoms with Crippen LogP contribution in [0.25, 0.3) is 0 Å². The van der Waals surface area contributed by atoms with Crippen molar-refractivity contribution in [2.45, 2.75) is 6.42 Å². The van der Waals surface area contributed by atoms with Crippen LogP contribution in [0, 0.1) is 0 Å². The first kappa shape index (κ1) is 17.7. The molecule has 6 heteroatoms. The van der Waals surface area contributed by atoms with Crippen molar-refractivity contribution >= 4 is 24.0 Å². The van der Waals surface area contributed by atoms with Crippen molar-refractivity contribution in [3.63, 3.8) is 0 Å². The van der Waals surface area contributed by atoms with Gasteiger partial charge in [-0.1, -0.05) is 12.1 Å². The minimum atomic E-state index is -0.110. The van der Waals surface area contributed by atoms with E-state index in [-0.39, 0.29) is 24.9 Å². The van der Waals surface area contributed by atoms with Crippen molar-refractivity contribution < 1.29 is 14.3 Å². The van der Waals surface area contributed by atoms with Gasteiger partial charge >= 0.3 is 0 Å². The lowest BCUT2D eigenvalue weighted by Crippen LogP contribution is -2.29. The molecule has 19 heavy (non-hydrogen) atoms. The zero-order chi connectivity index (χ0) is 13.2. The Hall–Kier alpha value is -1.30. The van der Waals surface area contributed by atoms with Crippen LogP contribution in [0.2, 0.25) is 0 Å². The number of nitrogens with one attached hydrogen (secondary N) is 1. The molecule has 0 bridgehead atoms. The van der Waals surface area contributed by atoms with Crippen molar-refractivity contribution in [1.82, 2.24) is 5.32 Å². The van der Waals surface area contributed by atoms with Gasteiger partial charge in [0, 0.05) is 19.3 Å². The Morgan fingerprint density at radius 2 is 1.95 bits per heavy atom. The van der Waals surface area contributed by atoms with Gasteiger partial charge in [-0.05, 0) is 24.1 Å². The van der Waals surface area contributed by atoms with E-state index >= 15 is 0 Å². The van der Waals surface area contributed by atoms with E-state index in [4.69, 9.17) is 15.2 Å². The third-order valence-corrected chi connectivity index (χ3v) is 2.38. The standard InChI is InChI=1S/C13H20N2O3.ClH/c1-17-8-9-18-10-13(16)15-7-6-11-2-4-12(14)5-3-11;/h2-5H,6-10,14H2,1H3,(H,15,16);1H. The summed E-state index contributed by atoms with van der Waals surface area (Å²) in [6, 6.07) is 7.61. The Morgan fingerprint density at radius 1 is 1.26 bits per heavy atom. The number of benzene rings is 1. The molecule has 0 fully saturated rings. The van der Waals surface area contributed by atoms with E-state index in [2.05, 4.69) is 5.32 Å². The van der Waals surface area contributed by atoms with E-state index in [0.717, 1.165) is 17.7 Å². The Kier molecular flexibility index (Phi) is 9.88. The number of carbonyl (C=O) groups is 1. The number of hydrogen-bond donors (Lipinski definition) is 2. The van der Waals surface area contributed by atoms with Gasteiger partial charge in [-0.25, -0.2) is 0 Å². The highest BCUT2D eigenvalue weighted by Crippen LogP contribution is 2.05. The summed E-state index contributed by atoms with van der Waals surface area (Å²) in [6.07, 6.45) is 0.782. The first-order valence-corrected chi connectivity index (χ1v) is 5.90. The lowest BCUT2D eigenvalue weighted by molar-refractivity contribution is -0.126. The predicted molar refractivity (Wildman–Crippen MR) is 77.5 cm³/mol. The molecule has 1 aromatic carbocycles. The van der Waals surface area contributed by atoms with Gasteiger partial charge in [0.1, 0.15) is 6.61 Å². The van der Waals surface area contributed by atoms with E-state index in [1.165, 1.54) is 0 Å². The predicted octanol–water partition coefficient (Wildman–Crippen LogP) is 1.01. The molecule has 1 rings (SSSR count). The average molecular weight is 289 g/mol. The summed E-state index contributed by atoms with van der Waals surface area (Å²) < 4.78 is 9.91. The number of anilines is 1. The lowest BCUT2D eigenvalue weighted by atomic mass is 10.1. The van der Waals surface area contributed by atoms with Crippen LogP contribution in [0.15, 0.2) is 24.3 Å². The minimum absolute atomic E-state index is 0. The maximum atomic E-state index is 11.4. The molecule has 0 heterocycles. The molecular weight excluding hydrogens is 268 g/mol. The van der Waals surface area contributed by atoms with E-state index in [0.29, 0.717) is 19.8 Å². The van der Waals surface area contributed by atoms with Crippen molar-refractivity contribution in [3.05, 3.63) is 29.8 Å². The maximum Gasteiger partial charge on any atom is 0.246 e. The van der Waals surface area contributed by atoms with Gasteiger partial charge in [0.2, 0.25) is 5.91 Å². The number of amides is 1. The third kappa shape index (κ3) is 8.42. The van der Waals surface area contributed by atoms with Crippen LogP contribution in [0.3, 0.4) is 0 Å². The Bertz CT molecular complexity index is 357. The summed E-state index contributed by atoms with van der Waals surface area (Å²) in [5.41, 5.74) is 7.47. The molecule has 0 aromatic heterocycles. The van der Waals surface area contributed by atoms with E-state index in [1.807, 2.05) is 24.3 Å².